The Balaban J connectivity index is 1.35. The zero-order valence-electron chi connectivity index (χ0n) is 40.0. The number of unbranched alkanes of at least 4 members (excludes halogenated alkanes) is 2. The van der Waals surface area contributed by atoms with Crippen LogP contribution in [0, 0.1) is 33.8 Å². The molecule has 2 saturated carbocycles. The van der Waals surface area contributed by atoms with Crippen LogP contribution in [0.1, 0.15) is 121 Å². The van der Waals surface area contributed by atoms with E-state index in [9.17, 15) is 20.3 Å². The van der Waals surface area contributed by atoms with Crippen molar-refractivity contribution in [3.05, 3.63) is 130 Å². The number of carbonyl (C=O) groups excluding carboxylic acids is 1. The minimum atomic E-state index is -1.43. The highest BCUT2D eigenvalue weighted by Crippen LogP contribution is 2.62. The summed E-state index contributed by atoms with van der Waals surface area (Å²) in [6, 6.07) is 25.8. The van der Waals surface area contributed by atoms with Gasteiger partial charge in [-0.15, -0.1) is 6.58 Å². The number of nitrogens with zero attached hydrogens (tertiary/aromatic N) is 3. The van der Waals surface area contributed by atoms with Crippen LogP contribution < -0.4 is 9.47 Å². The van der Waals surface area contributed by atoms with E-state index in [2.05, 4.69) is 43.0 Å². The van der Waals surface area contributed by atoms with Crippen molar-refractivity contribution >= 4 is 28.1 Å². The molecule has 6 atom stereocenters. The van der Waals surface area contributed by atoms with E-state index < -0.39 is 28.3 Å². The normalized spacial score (nSPS) is 23.9. The number of ether oxygens (including phenoxy) is 3. The van der Waals surface area contributed by atoms with Crippen molar-refractivity contribution in [2.24, 2.45) is 28.8 Å². The molecular weight excluding hydrogens is 859 g/mol. The molecule has 12 heteroatoms. The maximum Gasteiger partial charge on any atom is 0.273 e. The fraction of sp³-hybridized carbons (Fsp3) is 0.500. The fourth-order valence-corrected chi connectivity index (χ4v) is 11.5. The molecule has 3 aliphatic carbocycles. The largest absolute Gasteiger partial charge is 0.459 e. The van der Waals surface area contributed by atoms with Crippen LogP contribution in [0.25, 0.3) is 10.8 Å². The summed E-state index contributed by atoms with van der Waals surface area (Å²) in [6.45, 7) is 10.7. The molecule has 4 aliphatic rings. The first-order valence-electron chi connectivity index (χ1n) is 24.9. The highest BCUT2D eigenvalue weighted by molar-refractivity contribution is 6.03. The standard InChI is InChI=1S/C56H69N3O9/c1-5-32-65-56-51(58(52(62)29-26-38-16-6-7-17-38)37-41-21-14-20-39-18-8-9-24-45(39)41)36-49(57-68-55(2,3)4)47-33-40(19-10-12-30-60)46(25-11-13-31-61)53(54(47)56)48-35-44(27-28-50(48)67-56)66-43-23-15-22-42(34-43)59(63)64/h5,8-9,14-15,18,20-24,27-28,33-35,38,40,46,51,53-54,60-61H,1,6-7,10-13,16-17,19,25-26,29-32,36-37H2,2-4H3. The molecule has 4 aromatic rings. The highest BCUT2D eigenvalue weighted by atomic mass is 16.7. The van der Waals surface area contributed by atoms with E-state index in [0.717, 1.165) is 78.1 Å². The van der Waals surface area contributed by atoms with Crippen molar-refractivity contribution in [1.82, 2.24) is 4.90 Å². The van der Waals surface area contributed by atoms with E-state index in [1.165, 1.54) is 25.0 Å². The monoisotopic (exact) mass is 928 g/mol. The second-order valence-electron chi connectivity index (χ2n) is 20.2. The van der Waals surface area contributed by atoms with Gasteiger partial charge in [-0.3, -0.25) is 14.9 Å². The average Bonchev–Trinajstić information content (AvgIpc) is 3.86. The van der Waals surface area contributed by atoms with Gasteiger partial charge < -0.3 is 34.2 Å². The Labute approximate surface area is 401 Å². The SMILES string of the molecule is C=CCOC12Oc3ccc(Oc4cccc([N+](=O)[O-])c4)cc3C3C(CCCCO)C(CCCCO)C=C(C(=NOC(C)(C)C)CC1N(Cc1cccc4ccccc14)C(=O)CCC1CCCC1)C32. The lowest BCUT2D eigenvalue weighted by Crippen LogP contribution is -2.70. The summed E-state index contributed by atoms with van der Waals surface area (Å²) in [6.07, 6.45) is 14.7. The van der Waals surface area contributed by atoms with Crippen molar-refractivity contribution in [2.75, 3.05) is 19.8 Å². The van der Waals surface area contributed by atoms with E-state index in [0.29, 0.717) is 55.4 Å². The van der Waals surface area contributed by atoms with Crippen LogP contribution in [0.5, 0.6) is 17.2 Å². The maximum absolute atomic E-state index is 15.5. The van der Waals surface area contributed by atoms with Crippen molar-refractivity contribution in [1.29, 1.82) is 0 Å². The van der Waals surface area contributed by atoms with E-state index in [1.54, 1.807) is 18.2 Å². The van der Waals surface area contributed by atoms with Crippen LogP contribution in [0.3, 0.4) is 0 Å². The van der Waals surface area contributed by atoms with Gasteiger partial charge in [0.2, 0.25) is 11.7 Å². The second kappa shape index (κ2) is 21.8. The number of hydrogen-bond donors (Lipinski definition) is 2. The Kier molecular flexibility index (Phi) is 15.7. The molecule has 8 rings (SSSR count). The number of non-ortho nitro benzene ring substituents is 1. The van der Waals surface area contributed by atoms with Crippen LogP contribution >= 0.6 is 0 Å². The molecule has 0 radical (unpaired) electrons. The van der Waals surface area contributed by atoms with Gasteiger partial charge in [0.25, 0.3) is 5.69 Å². The molecule has 4 aromatic carbocycles. The summed E-state index contributed by atoms with van der Waals surface area (Å²) in [4.78, 5) is 35.2. The van der Waals surface area contributed by atoms with Crippen molar-refractivity contribution in [3.63, 3.8) is 0 Å². The zero-order chi connectivity index (χ0) is 47.8. The number of aliphatic hydroxyl groups is 2. The first-order chi connectivity index (χ1) is 32.9. The van der Waals surface area contributed by atoms with Crippen molar-refractivity contribution in [3.8, 4) is 17.2 Å². The van der Waals surface area contributed by atoms with Crippen molar-refractivity contribution in [2.45, 2.75) is 134 Å². The quantitative estimate of drug-likeness (QED) is 0.0360. The van der Waals surface area contributed by atoms with Crippen LogP contribution in [-0.2, 0) is 20.9 Å². The third-order valence-electron chi connectivity index (χ3n) is 14.5. The summed E-state index contributed by atoms with van der Waals surface area (Å²) in [7, 11) is 0. The predicted molar refractivity (Wildman–Crippen MR) is 265 cm³/mol. The van der Waals surface area contributed by atoms with Gasteiger partial charge in [-0.2, -0.15) is 0 Å². The van der Waals surface area contributed by atoms with E-state index >= 15 is 4.79 Å². The van der Waals surface area contributed by atoms with Gasteiger partial charge in [0.1, 0.15) is 28.9 Å². The van der Waals surface area contributed by atoms with E-state index in [-0.39, 0.29) is 49.2 Å². The molecule has 68 heavy (non-hydrogen) atoms. The van der Waals surface area contributed by atoms with E-state index in [1.807, 2.05) is 56.0 Å². The molecular formula is C56H69N3O9. The molecule has 1 amide bonds. The summed E-state index contributed by atoms with van der Waals surface area (Å²) in [5.74, 6) is -0.206. The lowest BCUT2D eigenvalue weighted by molar-refractivity contribution is -0.384. The number of hydrogen-bond acceptors (Lipinski definition) is 10. The number of amides is 1. The number of fused-ring (bicyclic) bond motifs is 3. The number of nitro groups is 1. The minimum absolute atomic E-state index is 0.00420. The number of rotatable bonds is 21. The summed E-state index contributed by atoms with van der Waals surface area (Å²) in [5.41, 5.74) is 2.91. The summed E-state index contributed by atoms with van der Waals surface area (Å²) >= 11 is 0. The molecule has 0 bridgehead atoms. The molecule has 1 heterocycles. The van der Waals surface area contributed by atoms with Crippen LogP contribution in [0.15, 0.2) is 114 Å². The lowest BCUT2D eigenvalue weighted by Gasteiger charge is -2.60. The van der Waals surface area contributed by atoms with Crippen LogP contribution in [0.2, 0.25) is 0 Å². The van der Waals surface area contributed by atoms with Gasteiger partial charge >= 0.3 is 0 Å². The number of allylic oxidation sites excluding steroid dienone is 1. The maximum atomic E-state index is 15.5. The third-order valence-corrected chi connectivity index (χ3v) is 14.5. The average molecular weight is 928 g/mol. The molecule has 2 N–H and O–H groups in total. The predicted octanol–water partition coefficient (Wildman–Crippen LogP) is 12.0. The minimum Gasteiger partial charge on any atom is -0.459 e. The van der Waals surface area contributed by atoms with Crippen LogP contribution in [-0.4, -0.2) is 68.9 Å². The molecule has 12 nitrogen and oxygen atoms in total. The second-order valence-corrected chi connectivity index (χ2v) is 20.2. The number of oxime groups is 1. The van der Waals surface area contributed by atoms with Gasteiger partial charge in [0.05, 0.1) is 29.2 Å². The van der Waals surface area contributed by atoms with Gasteiger partial charge in [-0.25, -0.2) is 0 Å². The first kappa shape index (κ1) is 48.9. The van der Waals surface area contributed by atoms with Gasteiger partial charge in [0.15, 0.2) is 0 Å². The third kappa shape index (κ3) is 10.8. The Morgan fingerprint density at radius 2 is 1.68 bits per heavy atom. The number of aliphatic hydroxyl groups excluding tert-OH is 2. The Bertz CT molecular complexity index is 2470. The van der Waals surface area contributed by atoms with Crippen molar-refractivity contribution < 1.29 is 39.0 Å². The Morgan fingerprint density at radius 3 is 2.43 bits per heavy atom. The summed E-state index contributed by atoms with van der Waals surface area (Å²) in [5, 5.41) is 39.1. The number of carbonyl (C=O) groups is 1. The first-order valence-corrected chi connectivity index (χ1v) is 24.9. The fourth-order valence-electron chi connectivity index (χ4n) is 11.5. The van der Waals surface area contributed by atoms with Crippen LogP contribution in [0.4, 0.5) is 5.69 Å². The molecule has 1 aliphatic heterocycles. The van der Waals surface area contributed by atoms with Gasteiger partial charge in [-0.1, -0.05) is 104 Å². The van der Waals surface area contributed by atoms with E-state index in [4.69, 9.17) is 24.2 Å². The molecule has 6 unspecified atom stereocenters. The number of benzene rings is 4. The Hall–Kier alpha value is -5.56. The number of nitro benzene ring substituents is 1. The summed E-state index contributed by atoms with van der Waals surface area (Å²) < 4.78 is 21.3. The smallest absolute Gasteiger partial charge is 0.273 e. The molecule has 0 aromatic heterocycles. The Morgan fingerprint density at radius 1 is 0.941 bits per heavy atom. The molecule has 2 fully saturated rings. The van der Waals surface area contributed by atoms with Gasteiger partial charge in [-0.05, 0) is 117 Å². The molecule has 0 spiro atoms. The highest BCUT2D eigenvalue weighted by Gasteiger charge is 2.65. The zero-order valence-corrected chi connectivity index (χ0v) is 40.0. The topological polar surface area (TPSA) is 153 Å². The van der Waals surface area contributed by atoms with Gasteiger partial charge in [0, 0.05) is 50.1 Å². The molecule has 0 saturated heterocycles. The molecule has 362 valence electrons. The lowest BCUT2D eigenvalue weighted by atomic mass is 9.55.